The Morgan fingerprint density at radius 1 is 0.485 bits per heavy atom. The summed E-state index contributed by atoms with van der Waals surface area (Å²) in [6.07, 6.45) is 2.96. The van der Waals surface area contributed by atoms with Gasteiger partial charge in [-0.2, -0.15) is 0 Å². The summed E-state index contributed by atoms with van der Waals surface area (Å²) in [5, 5.41) is 39.1. The molecular formula is C28H26O5. The first-order chi connectivity index (χ1) is 15.9. The summed E-state index contributed by atoms with van der Waals surface area (Å²) < 4.78 is 5.91. The van der Waals surface area contributed by atoms with Crippen LogP contribution in [0.25, 0.3) is 0 Å². The van der Waals surface area contributed by atoms with Crippen molar-refractivity contribution in [1.82, 2.24) is 0 Å². The Morgan fingerprint density at radius 3 is 1.76 bits per heavy atom. The maximum atomic E-state index is 10.2. The second-order valence-electron chi connectivity index (χ2n) is 8.08. The van der Waals surface area contributed by atoms with Crippen LogP contribution in [0.15, 0.2) is 84.9 Å². The molecule has 4 N–H and O–H groups in total. The second kappa shape index (κ2) is 10.0. The highest BCUT2D eigenvalue weighted by molar-refractivity contribution is 5.45. The Labute approximate surface area is 192 Å². The molecule has 5 nitrogen and oxygen atoms in total. The minimum absolute atomic E-state index is 0.0534. The van der Waals surface area contributed by atoms with Gasteiger partial charge in [-0.3, -0.25) is 0 Å². The minimum Gasteiger partial charge on any atom is -0.508 e. The molecule has 0 aliphatic rings. The van der Waals surface area contributed by atoms with Crippen molar-refractivity contribution in [3.63, 3.8) is 0 Å². The molecular weight excluding hydrogens is 416 g/mol. The van der Waals surface area contributed by atoms with Gasteiger partial charge in [0.05, 0.1) is 0 Å². The molecule has 0 atom stereocenters. The first-order valence-electron chi connectivity index (χ1n) is 10.8. The maximum absolute atomic E-state index is 10.2. The third kappa shape index (κ3) is 6.20. The van der Waals surface area contributed by atoms with Gasteiger partial charge >= 0.3 is 0 Å². The molecule has 33 heavy (non-hydrogen) atoms. The molecule has 168 valence electrons. The van der Waals surface area contributed by atoms with Gasteiger partial charge < -0.3 is 25.2 Å². The van der Waals surface area contributed by atoms with Crippen LogP contribution in [-0.2, 0) is 25.7 Å². The predicted molar refractivity (Wildman–Crippen MR) is 127 cm³/mol. The molecule has 4 rings (SSSR count). The number of phenols is 4. The van der Waals surface area contributed by atoms with E-state index in [2.05, 4.69) is 0 Å². The van der Waals surface area contributed by atoms with Crippen molar-refractivity contribution < 1.29 is 25.2 Å². The number of hydrogen-bond acceptors (Lipinski definition) is 5. The fourth-order valence-corrected chi connectivity index (χ4v) is 3.74. The van der Waals surface area contributed by atoms with Crippen molar-refractivity contribution in [1.29, 1.82) is 0 Å². The number of aromatic hydroxyl groups is 4. The highest BCUT2D eigenvalue weighted by atomic mass is 16.5. The molecule has 4 aromatic carbocycles. The molecule has 0 saturated carbocycles. The third-order valence-electron chi connectivity index (χ3n) is 5.45. The summed E-state index contributed by atoms with van der Waals surface area (Å²) in [5.41, 5.74) is 4.02. The minimum atomic E-state index is 0.0534. The monoisotopic (exact) mass is 442 g/mol. The Morgan fingerprint density at radius 2 is 1.06 bits per heavy atom. The second-order valence-corrected chi connectivity index (χ2v) is 8.08. The number of rotatable bonds is 8. The molecule has 0 unspecified atom stereocenters. The first-order valence-corrected chi connectivity index (χ1v) is 10.8. The summed E-state index contributed by atoms with van der Waals surface area (Å²) in [6, 6.07) is 24.8. The summed E-state index contributed by atoms with van der Waals surface area (Å²) in [5.74, 6) is 1.45. The lowest BCUT2D eigenvalue weighted by Crippen LogP contribution is -1.94. The standard InChI is InChI=1S/C28H26O5/c29-23-3-1-2-20(14-23)5-6-21-10-13-27(32)28(17-21)33-26-11-8-19(9-12-26)4-7-22-15-24(30)18-25(31)16-22/h1-3,8-18,29-32H,4-7H2. The highest BCUT2D eigenvalue weighted by Crippen LogP contribution is 2.32. The molecule has 0 radical (unpaired) electrons. The number of phenolic OH excluding ortho intramolecular Hbond substituents is 4. The van der Waals surface area contributed by atoms with Crippen molar-refractivity contribution in [3.05, 3.63) is 107 Å². The van der Waals surface area contributed by atoms with E-state index in [0.29, 0.717) is 17.9 Å². The normalized spacial score (nSPS) is 10.8. The molecule has 5 heteroatoms. The van der Waals surface area contributed by atoms with E-state index in [1.54, 1.807) is 30.3 Å². The van der Waals surface area contributed by atoms with Crippen LogP contribution in [0.5, 0.6) is 34.5 Å². The number of ether oxygens (including phenoxy) is 1. The van der Waals surface area contributed by atoms with Crippen LogP contribution in [0.2, 0.25) is 0 Å². The fourth-order valence-electron chi connectivity index (χ4n) is 3.74. The van der Waals surface area contributed by atoms with Crippen LogP contribution >= 0.6 is 0 Å². The Bertz CT molecular complexity index is 1210. The predicted octanol–water partition coefficient (Wildman–Crippen LogP) is 5.87. The van der Waals surface area contributed by atoms with E-state index in [1.165, 1.54) is 6.07 Å². The largest absolute Gasteiger partial charge is 0.508 e. The zero-order chi connectivity index (χ0) is 23.2. The Balaban J connectivity index is 1.37. The number of benzene rings is 4. The van der Waals surface area contributed by atoms with Gasteiger partial charge in [0, 0.05) is 6.07 Å². The Kier molecular flexibility index (Phi) is 6.69. The molecule has 0 aliphatic heterocycles. The number of hydrogen-bond donors (Lipinski definition) is 4. The summed E-state index contributed by atoms with van der Waals surface area (Å²) >= 11 is 0. The smallest absolute Gasteiger partial charge is 0.169 e. The third-order valence-corrected chi connectivity index (χ3v) is 5.45. The van der Waals surface area contributed by atoms with Crippen LogP contribution in [0, 0.1) is 0 Å². The lowest BCUT2D eigenvalue weighted by atomic mass is 10.0. The summed E-state index contributed by atoms with van der Waals surface area (Å²) in [7, 11) is 0. The Hall–Kier alpha value is -4.12. The van der Waals surface area contributed by atoms with Gasteiger partial charge in [-0.1, -0.05) is 30.3 Å². The van der Waals surface area contributed by atoms with Crippen LogP contribution in [0.4, 0.5) is 0 Å². The van der Waals surface area contributed by atoms with E-state index >= 15 is 0 Å². The molecule has 0 bridgehead atoms. The zero-order valence-electron chi connectivity index (χ0n) is 18.1. The van der Waals surface area contributed by atoms with Crippen molar-refractivity contribution in [3.8, 4) is 34.5 Å². The molecule has 4 aromatic rings. The molecule has 0 saturated heterocycles. The van der Waals surface area contributed by atoms with Gasteiger partial charge in [-0.15, -0.1) is 0 Å². The average Bonchev–Trinajstić information content (AvgIpc) is 2.78. The summed E-state index contributed by atoms with van der Waals surface area (Å²) in [6.45, 7) is 0. The summed E-state index contributed by atoms with van der Waals surface area (Å²) in [4.78, 5) is 0. The van der Waals surface area contributed by atoms with Gasteiger partial charge in [0.15, 0.2) is 11.5 Å². The van der Waals surface area contributed by atoms with Gasteiger partial charge in [-0.05, 0) is 96.5 Å². The highest BCUT2D eigenvalue weighted by Gasteiger charge is 2.07. The number of aryl methyl sites for hydroxylation is 4. The van der Waals surface area contributed by atoms with E-state index < -0.39 is 0 Å². The SMILES string of the molecule is Oc1cccc(CCc2ccc(O)c(Oc3ccc(CCc4cc(O)cc(O)c4)cc3)c2)c1. The van der Waals surface area contributed by atoms with E-state index in [0.717, 1.165) is 41.5 Å². The topological polar surface area (TPSA) is 90.2 Å². The molecule has 0 amide bonds. The van der Waals surface area contributed by atoms with Crippen molar-refractivity contribution in [2.24, 2.45) is 0 Å². The van der Waals surface area contributed by atoms with Crippen molar-refractivity contribution in [2.45, 2.75) is 25.7 Å². The molecule has 0 heterocycles. The quantitative estimate of drug-likeness (QED) is 0.274. The van der Waals surface area contributed by atoms with Gasteiger partial charge in [0.1, 0.15) is 23.0 Å². The molecule has 0 fully saturated rings. The van der Waals surface area contributed by atoms with E-state index in [9.17, 15) is 20.4 Å². The lowest BCUT2D eigenvalue weighted by Gasteiger charge is -2.11. The van der Waals surface area contributed by atoms with Crippen LogP contribution < -0.4 is 4.74 Å². The van der Waals surface area contributed by atoms with Gasteiger partial charge in [-0.25, -0.2) is 0 Å². The van der Waals surface area contributed by atoms with Gasteiger partial charge in [0.25, 0.3) is 0 Å². The molecule has 0 aliphatic carbocycles. The van der Waals surface area contributed by atoms with Crippen LogP contribution in [0.1, 0.15) is 22.3 Å². The van der Waals surface area contributed by atoms with E-state index in [-0.39, 0.29) is 23.0 Å². The average molecular weight is 443 g/mol. The van der Waals surface area contributed by atoms with Crippen LogP contribution in [-0.4, -0.2) is 20.4 Å². The lowest BCUT2D eigenvalue weighted by molar-refractivity contribution is 0.410. The van der Waals surface area contributed by atoms with E-state index in [1.807, 2.05) is 48.5 Å². The van der Waals surface area contributed by atoms with Crippen molar-refractivity contribution >= 4 is 0 Å². The fraction of sp³-hybridized carbons (Fsp3) is 0.143. The maximum Gasteiger partial charge on any atom is 0.169 e. The van der Waals surface area contributed by atoms with E-state index in [4.69, 9.17) is 4.74 Å². The molecule has 0 aromatic heterocycles. The van der Waals surface area contributed by atoms with Gasteiger partial charge in [0.2, 0.25) is 0 Å². The van der Waals surface area contributed by atoms with Crippen LogP contribution in [0.3, 0.4) is 0 Å². The first kappa shape index (κ1) is 22.1. The molecule has 0 spiro atoms. The van der Waals surface area contributed by atoms with Crippen molar-refractivity contribution in [2.75, 3.05) is 0 Å². The zero-order valence-corrected chi connectivity index (χ0v) is 18.1.